The maximum Gasteiger partial charge on any atom is 0.434 e. The van der Waals surface area contributed by atoms with Gasteiger partial charge in [-0.1, -0.05) is 58.3 Å². The molecule has 0 radical (unpaired) electrons. The fourth-order valence-corrected chi connectivity index (χ4v) is 6.31. The number of carbonyl (C=O) groups is 1. The summed E-state index contributed by atoms with van der Waals surface area (Å²) in [6.45, 7) is 5.03. The Hall–Kier alpha value is -3.31. The normalized spacial score (nSPS) is 15.5. The Labute approximate surface area is 256 Å². The molecule has 0 amide bonds. The van der Waals surface area contributed by atoms with Crippen molar-refractivity contribution in [1.82, 2.24) is 9.13 Å². The third kappa shape index (κ3) is 5.44. The smallest absolute Gasteiger partial charge is 0.434 e. The molecule has 0 aliphatic carbocycles. The highest BCUT2D eigenvalue weighted by molar-refractivity contribution is 7.07. The third-order valence-electron chi connectivity index (χ3n) is 6.70. The predicted octanol–water partition coefficient (Wildman–Crippen LogP) is 6.71. The van der Waals surface area contributed by atoms with Crippen LogP contribution in [-0.2, 0) is 9.53 Å². The third-order valence-corrected chi connectivity index (χ3v) is 8.67. The van der Waals surface area contributed by atoms with Crippen LogP contribution in [0.5, 0.6) is 0 Å². The van der Waals surface area contributed by atoms with Crippen molar-refractivity contribution in [3.05, 3.63) is 117 Å². The number of benzene rings is 2. The van der Waals surface area contributed by atoms with Crippen molar-refractivity contribution in [3.63, 3.8) is 0 Å². The summed E-state index contributed by atoms with van der Waals surface area (Å²) >= 11 is 19.1. The Morgan fingerprint density at radius 1 is 1.07 bits per heavy atom. The molecule has 0 saturated carbocycles. The highest BCUT2D eigenvalue weighted by Gasteiger charge is 2.45. The summed E-state index contributed by atoms with van der Waals surface area (Å²) in [5.41, 5.74) is 0.437. The first-order chi connectivity index (χ1) is 19.8. The molecule has 0 bridgehead atoms. The Balaban J connectivity index is 1.75. The van der Waals surface area contributed by atoms with E-state index in [9.17, 15) is 22.8 Å². The van der Waals surface area contributed by atoms with Crippen LogP contribution in [0.2, 0.25) is 15.1 Å². The number of allylic oxidation sites excluding steroid dienone is 1. The summed E-state index contributed by atoms with van der Waals surface area (Å²) in [5, 5.41) is 1.11. The van der Waals surface area contributed by atoms with Gasteiger partial charge in [-0.2, -0.15) is 13.2 Å². The zero-order chi connectivity index (χ0) is 30.5. The van der Waals surface area contributed by atoms with Gasteiger partial charge in [0.05, 0.1) is 32.8 Å². The van der Waals surface area contributed by atoms with Gasteiger partial charge in [-0.3, -0.25) is 9.36 Å². The van der Waals surface area contributed by atoms with E-state index in [1.807, 2.05) is 24.5 Å². The van der Waals surface area contributed by atoms with E-state index < -0.39 is 35.0 Å². The maximum atomic E-state index is 14.3. The zero-order valence-electron chi connectivity index (χ0n) is 22.2. The Bertz CT molecular complexity index is 1940. The largest absolute Gasteiger partial charge is 0.463 e. The number of hydrogen-bond acceptors (Lipinski definition) is 5. The lowest BCUT2D eigenvalue weighted by Crippen LogP contribution is -2.41. The number of ether oxygens (including phenoxy) is 1. The molecule has 1 aliphatic rings. The molecule has 0 N–H and O–H groups in total. The van der Waals surface area contributed by atoms with Gasteiger partial charge < -0.3 is 9.30 Å². The van der Waals surface area contributed by atoms with Gasteiger partial charge in [0.15, 0.2) is 10.5 Å². The van der Waals surface area contributed by atoms with Crippen LogP contribution in [0.3, 0.4) is 0 Å². The number of halogens is 6. The number of nitrogens with zero attached hydrogens (tertiary/aromatic N) is 3. The molecule has 2 aromatic heterocycles. The van der Waals surface area contributed by atoms with E-state index in [0.29, 0.717) is 20.6 Å². The van der Waals surface area contributed by atoms with Gasteiger partial charge in [-0.25, -0.2) is 9.79 Å². The van der Waals surface area contributed by atoms with E-state index in [1.165, 1.54) is 31.2 Å². The van der Waals surface area contributed by atoms with Gasteiger partial charge in [-0.15, -0.1) is 0 Å². The number of alkyl halides is 3. The summed E-state index contributed by atoms with van der Waals surface area (Å²) in [7, 11) is 0. The van der Waals surface area contributed by atoms with Crippen molar-refractivity contribution < 1.29 is 22.7 Å². The average Bonchev–Trinajstić information content (AvgIpc) is 3.39. The number of rotatable bonds is 5. The molecule has 0 saturated heterocycles. The zero-order valence-corrected chi connectivity index (χ0v) is 25.3. The minimum Gasteiger partial charge on any atom is -0.463 e. The van der Waals surface area contributed by atoms with Gasteiger partial charge in [0.25, 0.3) is 5.56 Å². The fourth-order valence-electron chi connectivity index (χ4n) is 4.90. The van der Waals surface area contributed by atoms with Crippen molar-refractivity contribution in [2.24, 2.45) is 4.99 Å². The standard InChI is InChI=1S/C29H21Cl3F3N3O3S/c1-4-41-27(40)23-24(16-5-7-18(30)8-6-16)38-26(39)22(42-28(38)36-25(23)29(33,34)35)12-17-11-14(2)37(15(17)3)19-9-10-20(31)21(32)13-19/h5-13,24H,4H2,1-3H3/b22-12-/t24-/m1/s1. The minimum atomic E-state index is -4.99. The number of esters is 1. The number of aryl methyl sites for hydroxylation is 1. The number of aromatic nitrogens is 2. The van der Waals surface area contributed by atoms with E-state index in [4.69, 9.17) is 39.5 Å². The van der Waals surface area contributed by atoms with Gasteiger partial charge in [0, 0.05) is 22.1 Å². The van der Waals surface area contributed by atoms with Crippen LogP contribution in [0.4, 0.5) is 13.2 Å². The molecule has 218 valence electrons. The molecule has 1 aliphatic heterocycles. The van der Waals surface area contributed by atoms with Crippen LogP contribution in [0.15, 0.2) is 69.6 Å². The topological polar surface area (TPSA) is 65.6 Å². The molecular formula is C29H21Cl3F3N3O3S. The van der Waals surface area contributed by atoms with Crippen molar-refractivity contribution in [2.45, 2.75) is 33.0 Å². The summed E-state index contributed by atoms with van der Waals surface area (Å²) in [5.74, 6) is -1.21. The summed E-state index contributed by atoms with van der Waals surface area (Å²) in [6, 6.07) is 11.5. The molecule has 42 heavy (non-hydrogen) atoms. The van der Waals surface area contributed by atoms with Crippen LogP contribution in [-0.4, -0.2) is 27.9 Å². The molecular weight excluding hydrogens is 634 g/mol. The van der Waals surface area contributed by atoms with Gasteiger partial charge in [0.2, 0.25) is 0 Å². The molecule has 0 fully saturated rings. The Kier molecular flexibility index (Phi) is 8.19. The highest BCUT2D eigenvalue weighted by atomic mass is 35.5. The first-order valence-electron chi connectivity index (χ1n) is 12.5. The van der Waals surface area contributed by atoms with E-state index >= 15 is 0 Å². The van der Waals surface area contributed by atoms with Crippen LogP contribution in [0.1, 0.15) is 35.5 Å². The number of fused-ring (bicyclic) bond motifs is 1. The maximum absolute atomic E-state index is 14.3. The first-order valence-corrected chi connectivity index (χ1v) is 14.5. The molecule has 2 aromatic carbocycles. The van der Waals surface area contributed by atoms with Crippen LogP contribution < -0.4 is 14.9 Å². The van der Waals surface area contributed by atoms with Crippen molar-refractivity contribution in [1.29, 1.82) is 0 Å². The van der Waals surface area contributed by atoms with Crippen molar-refractivity contribution in [3.8, 4) is 5.69 Å². The average molecular weight is 655 g/mol. The van der Waals surface area contributed by atoms with Gasteiger partial charge >= 0.3 is 12.1 Å². The van der Waals surface area contributed by atoms with Crippen molar-refractivity contribution >= 4 is 58.2 Å². The molecule has 3 heterocycles. The van der Waals surface area contributed by atoms with Crippen LogP contribution >= 0.6 is 46.1 Å². The molecule has 13 heteroatoms. The fraction of sp³-hybridized carbons (Fsp3) is 0.207. The second kappa shape index (κ2) is 11.4. The predicted molar refractivity (Wildman–Crippen MR) is 157 cm³/mol. The highest BCUT2D eigenvalue weighted by Crippen LogP contribution is 2.38. The summed E-state index contributed by atoms with van der Waals surface area (Å²) in [6.07, 6.45) is -3.40. The molecule has 1 atom stereocenters. The van der Waals surface area contributed by atoms with Gasteiger partial charge in [-0.05, 0) is 74.4 Å². The second-order valence-corrected chi connectivity index (χ2v) is 11.6. The quantitative estimate of drug-likeness (QED) is 0.225. The van der Waals surface area contributed by atoms with Crippen LogP contribution in [0.25, 0.3) is 11.8 Å². The van der Waals surface area contributed by atoms with E-state index in [2.05, 4.69) is 4.99 Å². The molecule has 0 unspecified atom stereocenters. The summed E-state index contributed by atoms with van der Waals surface area (Å²) < 4.78 is 51.1. The Morgan fingerprint density at radius 3 is 2.38 bits per heavy atom. The number of hydrogen-bond donors (Lipinski definition) is 0. The van der Waals surface area contributed by atoms with E-state index in [-0.39, 0.29) is 21.5 Å². The van der Waals surface area contributed by atoms with E-state index in [0.717, 1.165) is 33.0 Å². The molecule has 0 spiro atoms. The minimum absolute atomic E-state index is 0.133. The first kappa shape index (κ1) is 30.2. The molecule has 4 aromatic rings. The monoisotopic (exact) mass is 653 g/mol. The molecule has 5 rings (SSSR count). The lowest BCUT2D eigenvalue weighted by molar-refractivity contribution is -0.140. The van der Waals surface area contributed by atoms with Crippen LogP contribution in [0, 0.1) is 13.8 Å². The number of carbonyl (C=O) groups excluding carboxylic acids is 1. The Morgan fingerprint density at radius 2 is 1.76 bits per heavy atom. The lowest BCUT2D eigenvalue weighted by Gasteiger charge is -2.26. The van der Waals surface area contributed by atoms with Crippen molar-refractivity contribution in [2.75, 3.05) is 6.61 Å². The SMILES string of the molecule is CCOC(=O)C1=C(C(F)(F)F)N=c2s/c(=C\c3cc(C)n(-c4ccc(Cl)c(Cl)c4)c3C)c(=O)n2[C@@H]1c1ccc(Cl)cc1. The van der Waals surface area contributed by atoms with E-state index in [1.54, 1.807) is 24.3 Å². The summed E-state index contributed by atoms with van der Waals surface area (Å²) in [4.78, 5) is 30.4. The lowest BCUT2D eigenvalue weighted by atomic mass is 9.95. The van der Waals surface area contributed by atoms with Gasteiger partial charge in [0.1, 0.15) is 0 Å². The number of thiazole rings is 1. The second-order valence-electron chi connectivity index (χ2n) is 9.38. The molecule has 6 nitrogen and oxygen atoms in total.